The van der Waals surface area contributed by atoms with Gasteiger partial charge in [-0.3, -0.25) is 5.32 Å². The molecular formula is C33H36N4O4. The third-order valence-electron chi connectivity index (χ3n) is 6.90. The predicted molar refractivity (Wildman–Crippen MR) is 159 cm³/mol. The molecule has 1 unspecified atom stereocenters. The molecule has 0 spiro atoms. The fourth-order valence-corrected chi connectivity index (χ4v) is 4.67. The SMILES string of the molecule is COc1ccc(CN=C(NC#N)NCC(C#Cc2ccccc2)c2ccc(OC)c(OC3CCCC3)c2)c(OC)c1. The predicted octanol–water partition coefficient (Wildman–Crippen LogP) is 5.39. The number of hydrogen-bond acceptors (Lipinski definition) is 6. The van der Waals surface area contributed by atoms with Crippen molar-refractivity contribution in [2.45, 2.75) is 44.2 Å². The van der Waals surface area contributed by atoms with Crippen LogP contribution in [0.1, 0.15) is 48.3 Å². The molecule has 2 N–H and O–H groups in total. The molecule has 4 rings (SSSR count). The number of benzene rings is 3. The van der Waals surface area contributed by atoms with E-state index in [0.717, 1.165) is 35.3 Å². The van der Waals surface area contributed by atoms with Gasteiger partial charge < -0.3 is 24.3 Å². The zero-order chi connectivity index (χ0) is 28.9. The Morgan fingerprint density at radius 2 is 1.71 bits per heavy atom. The molecule has 1 saturated carbocycles. The van der Waals surface area contributed by atoms with Gasteiger partial charge in [-0.2, -0.15) is 5.26 Å². The Morgan fingerprint density at radius 1 is 0.927 bits per heavy atom. The Morgan fingerprint density at radius 3 is 2.41 bits per heavy atom. The van der Waals surface area contributed by atoms with Crippen LogP contribution in [0.15, 0.2) is 71.7 Å². The van der Waals surface area contributed by atoms with Crippen molar-refractivity contribution >= 4 is 5.96 Å². The topological polar surface area (TPSA) is 97.1 Å². The molecule has 1 aliphatic carbocycles. The minimum absolute atomic E-state index is 0.194. The Balaban J connectivity index is 1.58. The zero-order valence-corrected chi connectivity index (χ0v) is 23.8. The molecule has 1 aliphatic rings. The standard InChI is InChI=1S/C33H36N4O4/c1-38-29-17-15-27(31(20-29)40-3)22-36-33(37-23-34)35-21-26(14-13-24-9-5-4-6-10-24)25-16-18-30(39-2)32(19-25)41-28-11-7-8-12-28/h4-6,9-10,15-20,26,28H,7-8,11-12,21-22H2,1-3H3,(H2,35,36,37). The summed E-state index contributed by atoms with van der Waals surface area (Å²) in [7, 11) is 4.86. The number of aliphatic imine (C=N–C) groups is 1. The molecule has 0 saturated heterocycles. The number of nitrogens with zero attached hydrogens (tertiary/aromatic N) is 2. The van der Waals surface area contributed by atoms with E-state index in [1.54, 1.807) is 27.4 Å². The van der Waals surface area contributed by atoms with Gasteiger partial charge in [0.05, 0.1) is 39.9 Å². The van der Waals surface area contributed by atoms with Crippen LogP contribution in [0.4, 0.5) is 0 Å². The molecule has 212 valence electrons. The summed E-state index contributed by atoms with van der Waals surface area (Å²) in [6, 6.07) is 21.3. The monoisotopic (exact) mass is 552 g/mol. The minimum atomic E-state index is -0.228. The van der Waals surface area contributed by atoms with Gasteiger partial charge in [-0.15, -0.1) is 0 Å². The Hall–Kier alpha value is -4.82. The maximum atomic E-state index is 9.39. The van der Waals surface area contributed by atoms with Crippen LogP contribution in [0, 0.1) is 23.3 Å². The van der Waals surface area contributed by atoms with Crippen molar-refractivity contribution in [3.8, 4) is 41.0 Å². The van der Waals surface area contributed by atoms with E-state index in [2.05, 4.69) is 27.5 Å². The van der Waals surface area contributed by atoms with Crippen molar-refractivity contribution in [2.24, 2.45) is 4.99 Å². The summed E-state index contributed by atoms with van der Waals surface area (Å²) in [4.78, 5) is 4.60. The zero-order valence-electron chi connectivity index (χ0n) is 23.8. The fraction of sp³-hybridized carbons (Fsp3) is 0.333. The van der Waals surface area contributed by atoms with Gasteiger partial charge in [-0.05, 0) is 67.6 Å². The molecule has 0 bridgehead atoms. The van der Waals surface area contributed by atoms with Crippen LogP contribution in [-0.4, -0.2) is 39.9 Å². The van der Waals surface area contributed by atoms with Gasteiger partial charge in [0.1, 0.15) is 11.5 Å². The molecule has 0 heterocycles. The average molecular weight is 553 g/mol. The van der Waals surface area contributed by atoms with E-state index in [4.69, 9.17) is 18.9 Å². The quantitative estimate of drug-likeness (QED) is 0.115. The first-order chi connectivity index (χ1) is 20.1. The number of hydrogen-bond donors (Lipinski definition) is 2. The second-order valence-corrected chi connectivity index (χ2v) is 9.58. The number of nitrogens with one attached hydrogen (secondary N) is 2. The molecule has 8 nitrogen and oxygen atoms in total. The molecule has 0 aliphatic heterocycles. The molecule has 3 aromatic rings. The van der Waals surface area contributed by atoms with E-state index in [-0.39, 0.29) is 12.0 Å². The van der Waals surface area contributed by atoms with E-state index in [1.165, 1.54) is 12.8 Å². The van der Waals surface area contributed by atoms with Gasteiger partial charge in [0, 0.05) is 23.7 Å². The van der Waals surface area contributed by atoms with Gasteiger partial charge in [-0.1, -0.05) is 36.1 Å². The lowest BCUT2D eigenvalue weighted by atomic mass is 9.98. The molecule has 41 heavy (non-hydrogen) atoms. The smallest absolute Gasteiger partial charge is 0.205 e. The minimum Gasteiger partial charge on any atom is -0.497 e. The molecular weight excluding hydrogens is 516 g/mol. The van der Waals surface area contributed by atoms with E-state index >= 15 is 0 Å². The Kier molecular flexibility index (Phi) is 10.7. The van der Waals surface area contributed by atoms with E-state index < -0.39 is 0 Å². The van der Waals surface area contributed by atoms with Crippen LogP contribution in [0.5, 0.6) is 23.0 Å². The first-order valence-corrected chi connectivity index (χ1v) is 13.7. The summed E-state index contributed by atoms with van der Waals surface area (Å²) in [5, 5.41) is 15.3. The summed E-state index contributed by atoms with van der Waals surface area (Å²) in [6.07, 6.45) is 6.61. The second kappa shape index (κ2) is 15.1. The van der Waals surface area contributed by atoms with Gasteiger partial charge >= 0.3 is 0 Å². The maximum Gasteiger partial charge on any atom is 0.205 e. The number of rotatable bonds is 10. The molecule has 0 radical (unpaired) electrons. The van der Waals surface area contributed by atoms with Crippen LogP contribution < -0.4 is 29.6 Å². The van der Waals surface area contributed by atoms with Crippen molar-refractivity contribution in [1.29, 1.82) is 5.26 Å². The van der Waals surface area contributed by atoms with E-state index in [9.17, 15) is 5.26 Å². The van der Waals surface area contributed by atoms with Crippen LogP contribution in [0.2, 0.25) is 0 Å². The number of guanidine groups is 1. The summed E-state index contributed by atoms with van der Waals surface area (Å²) >= 11 is 0. The van der Waals surface area contributed by atoms with Crippen molar-refractivity contribution in [3.05, 3.63) is 83.4 Å². The van der Waals surface area contributed by atoms with Gasteiger partial charge in [-0.25, -0.2) is 4.99 Å². The highest BCUT2D eigenvalue weighted by atomic mass is 16.5. The Labute approximate surface area is 242 Å². The first kappa shape index (κ1) is 29.2. The van der Waals surface area contributed by atoms with Gasteiger partial charge in [0.15, 0.2) is 17.7 Å². The summed E-state index contributed by atoms with van der Waals surface area (Å²) < 4.78 is 22.7. The largest absolute Gasteiger partial charge is 0.497 e. The summed E-state index contributed by atoms with van der Waals surface area (Å²) in [5.41, 5.74) is 2.75. The maximum absolute atomic E-state index is 9.39. The molecule has 3 aromatic carbocycles. The number of nitriles is 1. The number of ether oxygens (including phenoxy) is 4. The molecule has 1 atom stereocenters. The summed E-state index contributed by atoms with van der Waals surface area (Å²) in [6.45, 7) is 0.703. The Bertz CT molecular complexity index is 1420. The van der Waals surface area contributed by atoms with Crippen molar-refractivity contribution in [2.75, 3.05) is 27.9 Å². The second-order valence-electron chi connectivity index (χ2n) is 9.58. The number of methoxy groups -OCH3 is 3. The third-order valence-corrected chi connectivity index (χ3v) is 6.90. The van der Waals surface area contributed by atoms with Crippen molar-refractivity contribution in [1.82, 2.24) is 10.6 Å². The molecule has 0 amide bonds. The molecule has 0 aromatic heterocycles. The van der Waals surface area contributed by atoms with Crippen LogP contribution in [-0.2, 0) is 6.54 Å². The van der Waals surface area contributed by atoms with Crippen LogP contribution >= 0.6 is 0 Å². The highest BCUT2D eigenvalue weighted by Crippen LogP contribution is 2.34. The third kappa shape index (κ3) is 8.33. The first-order valence-electron chi connectivity index (χ1n) is 13.7. The van der Waals surface area contributed by atoms with Crippen LogP contribution in [0.3, 0.4) is 0 Å². The van der Waals surface area contributed by atoms with Crippen molar-refractivity contribution < 1.29 is 18.9 Å². The lowest BCUT2D eigenvalue weighted by molar-refractivity contribution is 0.200. The summed E-state index contributed by atoms with van der Waals surface area (Å²) in [5.74, 6) is 9.57. The highest BCUT2D eigenvalue weighted by Gasteiger charge is 2.20. The molecule has 1 fully saturated rings. The lowest BCUT2D eigenvalue weighted by Crippen LogP contribution is -2.37. The van der Waals surface area contributed by atoms with Crippen LogP contribution in [0.25, 0.3) is 0 Å². The lowest BCUT2D eigenvalue weighted by Gasteiger charge is -2.19. The van der Waals surface area contributed by atoms with E-state index in [0.29, 0.717) is 36.3 Å². The van der Waals surface area contributed by atoms with Gasteiger partial charge in [0.2, 0.25) is 5.96 Å². The van der Waals surface area contributed by atoms with E-state index in [1.807, 2.05) is 66.9 Å². The average Bonchev–Trinajstić information content (AvgIpc) is 3.53. The molecule has 8 heteroatoms. The fourth-order valence-electron chi connectivity index (χ4n) is 4.67. The normalized spacial score (nSPS) is 13.8. The van der Waals surface area contributed by atoms with Crippen molar-refractivity contribution in [3.63, 3.8) is 0 Å². The highest BCUT2D eigenvalue weighted by molar-refractivity contribution is 5.81. The van der Waals surface area contributed by atoms with Gasteiger partial charge in [0.25, 0.3) is 0 Å².